The lowest BCUT2D eigenvalue weighted by Gasteiger charge is -2.38. The summed E-state index contributed by atoms with van der Waals surface area (Å²) >= 11 is 7.55. The zero-order valence-electron chi connectivity index (χ0n) is 30.0. The molecule has 2 aromatic heterocycles. The molecule has 4 amide bonds. The number of carbonyl (C=O) groups excluding carboxylic acids is 3. The molecule has 0 aliphatic carbocycles. The third-order valence-electron chi connectivity index (χ3n) is 9.83. The minimum Gasteiger partial charge on any atom is -0.369 e. The van der Waals surface area contributed by atoms with Gasteiger partial charge in [-0.3, -0.25) is 29.6 Å². The van der Waals surface area contributed by atoms with Crippen LogP contribution in [-0.4, -0.2) is 115 Å². The number of piperazine rings is 2. The molecule has 0 bridgehead atoms. The molecule has 3 N–H and O–H groups in total. The van der Waals surface area contributed by atoms with E-state index in [0.29, 0.717) is 45.3 Å². The van der Waals surface area contributed by atoms with Crippen molar-refractivity contribution in [2.75, 3.05) is 97.3 Å². The lowest BCUT2D eigenvalue weighted by atomic mass is 10.2. The molecule has 0 unspecified atom stereocenters. The number of nitrogens with one attached hydrogen (secondary N) is 3. The molecular weight excluding hydrogens is 714 g/mol. The molecule has 16 heteroatoms. The number of urea groups is 1. The van der Waals surface area contributed by atoms with E-state index in [1.54, 1.807) is 17.2 Å². The van der Waals surface area contributed by atoms with Gasteiger partial charge in [0.2, 0.25) is 5.91 Å². The molecule has 0 spiro atoms. The van der Waals surface area contributed by atoms with Crippen molar-refractivity contribution in [2.24, 2.45) is 0 Å². The van der Waals surface area contributed by atoms with Crippen molar-refractivity contribution in [3.63, 3.8) is 0 Å². The molecule has 3 aliphatic rings. The smallest absolute Gasteiger partial charge is 0.328 e. The van der Waals surface area contributed by atoms with Crippen LogP contribution in [0.15, 0.2) is 54.7 Å². The highest BCUT2D eigenvalue weighted by Gasteiger charge is 2.26. The average Bonchev–Trinajstić information content (AvgIpc) is 3.62. The Morgan fingerprint density at radius 3 is 2.28 bits per heavy atom. The summed E-state index contributed by atoms with van der Waals surface area (Å²) in [6.07, 6.45) is 2.98. The van der Waals surface area contributed by atoms with Gasteiger partial charge in [-0.15, -0.1) is 0 Å². The van der Waals surface area contributed by atoms with Gasteiger partial charge in [0.1, 0.15) is 22.3 Å². The zero-order chi connectivity index (χ0) is 36.9. The minimum absolute atomic E-state index is 0.222. The van der Waals surface area contributed by atoms with Gasteiger partial charge in [-0.2, -0.15) is 0 Å². The first-order valence-electron chi connectivity index (χ1n) is 18.0. The summed E-state index contributed by atoms with van der Waals surface area (Å²) in [5.41, 5.74) is 3.41. The molecule has 3 saturated heterocycles. The molecule has 0 radical (unpaired) electrons. The van der Waals surface area contributed by atoms with Crippen LogP contribution in [0, 0.1) is 13.8 Å². The SMILES string of the molecule is Cc1nc(Nc2ncc(C(=O)Nc3c(C)cccc3Cl)s2)cc(N2CCN(CCCN3CCN(c4cccc(N5CCC(=O)NC5=O)c4)CC3)CC2)n1. The average molecular weight is 758 g/mol. The van der Waals surface area contributed by atoms with Gasteiger partial charge in [0.25, 0.3) is 5.91 Å². The van der Waals surface area contributed by atoms with E-state index in [2.05, 4.69) is 51.6 Å². The molecule has 278 valence electrons. The number of nitrogens with zero attached hydrogens (tertiary/aromatic N) is 8. The molecule has 3 fully saturated rings. The zero-order valence-corrected chi connectivity index (χ0v) is 31.5. The quantitative estimate of drug-likeness (QED) is 0.191. The molecule has 3 aliphatic heterocycles. The van der Waals surface area contributed by atoms with E-state index in [0.717, 1.165) is 94.6 Å². The molecule has 0 atom stereocenters. The van der Waals surface area contributed by atoms with Gasteiger partial charge in [0, 0.05) is 82.8 Å². The van der Waals surface area contributed by atoms with Crippen LogP contribution in [0.2, 0.25) is 5.02 Å². The van der Waals surface area contributed by atoms with Crippen molar-refractivity contribution in [3.05, 3.63) is 76.0 Å². The maximum atomic E-state index is 12.9. The van der Waals surface area contributed by atoms with E-state index >= 15 is 0 Å². The number of aromatic nitrogens is 3. The number of para-hydroxylation sites is 1. The van der Waals surface area contributed by atoms with Gasteiger partial charge >= 0.3 is 6.03 Å². The number of amides is 4. The van der Waals surface area contributed by atoms with Gasteiger partial charge in [-0.1, -0.05) is 41.1 Å². The number of carbonyl (C=O) groups is 3. The van der Waals surface area contributed by atoms with Gasteiger partial charge < -0.3 is 20.4 Å². The van der Waals surface area contributed by atoms with Crippen LogP contribution in [0.25, 0.3) is 0 Å². The van der Waals surface area contributed by atoms with Crippen LogP contribution < -0.4 is 30.7 Å². The summed E-state index contributed by atoms with van der Waals surface area (Å²) < 4.78 is 0. The highest BCUT2D eigenvalue weighted by molar-refractivity contribution is 7.17. The second kappa shape index (κ2) is 16.5. The fourth-order valence-corrected chi connectivity index (χ4v) is 7.89. The number of anilines is 6. The van der Waals surface area contributed by atoms with E-state index in [-0.39, 0.29) is 17.8 Å². The van der Waals surface area contributed by atoms with Crippen LogP contribution in [-0.2, 0) is 4.79 Å². The van der Waals surface area contributed by atoms with Crippen LogP contribution >= 0.6 is 22.9 Å². The van der Waals surface area contributed by atoms with E-state index in [4.69, 9.17) is 16.6 Å². The van der Waals surface area contributed by atoms with Crippen LogP contribution in [0.1, 0.15) is 33.9 Å². The van der Waals surface area contributed by atoms with E-state index < -0.39 is 0 Å². The number of hydrogen-bond donors (Lipinski definition) is 3. The molecule has 2 aromatic carbocycles. The summed E-state index contributed by atoms with van der Waals surface area (Å²) in [5, 5.41) is 9.63. The summed E-state index contributed by atoms with van der Waals surface area (Å²) in [7, 11) is 0. The Kier molecular flexibility index (Phi) is 11.3. The van der Waals surface area contributed by atoms with Crippen molar-refractivity contribution in [1.29, 1.82) is 0 Å². The lowest BCUT2D eigenvalue weighted by molar-refractivity contribution is -0.120. The van der Waals surface area contributed by atoms with Gasteiger partial charge in [-0.05, 0) is 63.2 Å². The lowest BCUT2D eigenvalue weighted by Crippen LogP contribution is -2.50. The number of benzene rings is 2. The Bertz CT molecular complexity index is 1940. The molecule has 5 heterocycles. The van der Waals surface area contributed by atoms with Crippen LogP contribution in [0.3, 0.4) is 0 Å². The van der Waals surface area contributed by atoms with Gasteiger partial charge in [-0.25, -0.2) is 19.7 Å². The third kappa shape index (κ3) is 9.04. The largest absolute Gasteiger partial charge is 0.369 e. The number of hydrogen-bond acceptors (Lipinski definition) is 12. The first kappa shape index (κ1) is 36.5. The summed E-state index contributed by atoms with van der Waals surface area (Å²) in [5.74, 6) is 1.69. The predicted octanol–water partition coefficient (Wildman–Crippen LogP) is 4.98. The molecule has 53 heavy (non-hydrogen) atoms. The first-order chi connectivity index (χ1) is 25.7. The maximum absolute atomic E-state index is 12.9. The standard InChI is InChI=1S/C37H44ClN11O3S/c1-25-6-3-9-29(38)34(25)44-35(51)30-24-39-36(53-30)42-31-23-32(41-26(2)40-31)48-20-16-46(17-21-48)12-5-11-45-14-18-47(19-15-45)27-7-4-8-28(22-27)49-13-10-33(50)43-37(49)52/h3-4,6-9,22-24H,5,10-21H2,1-2H3,(H,44,51)(H,43,50,52)(H,39,40,41,42). The third-order valence-corrected chi connectivity index (χ3v) is 11.1. The Hall–Kier alpha value is -4.83. The normalized spacial score (nSPS) is 17.2. The van der Waals surface area contributed by atoms with Crippen LogP contribution in [0.4, 0.5) is 38.6 Å². The Labute approximate surface area is 318 Å². The van der Waals surface area contributed by atoms with E-state index in [1.807, 2.05) is 50.2 Å². The number of imide groups is 1. The monoisotopic (exact) mass is 757 g/mol. The highest BCUT2D eigenvalue weighted by atomic mass is 35.5. The molecule has 4 aromatic rings. The second-order valence-corrected chi connectivity index (χ2v) is 14.9. The van der Waals surface area contributed by atoms with Crippen molar-refractivity contribution >= 4 is 74.6 Å². The van der Waals surface area contributed by atoms with Gasteiger partial charge in [0.15, 0.2) is 5.13 Å². The van der Waals surface area contributed by atoms with E-state index in [1.165, 1.54) is 11.3 Å². The summed E-state index contributed by atoms with van der Waals surface area (Å²) in [6, 6.07) is 15.1. The molecule has 7 rings (SSSR count). The van der Waals surface area contributed by atoms with Gasteiger partial charge in [0.05, 0.1) is 16.9 Å². The Morgan fingerprint density at radius 2 is 1.57 bits per heavy atom. The summed E-state index contributed by atoms with van der Waals surface area (Å²) in [4.78, 5) is 62.4. The topological polar surface area (TPSA) is 142 Å². The number of aryl methyl sites for hydroxylation is 2. The van der Waals surface area contributed by atoms with Crippen LogP contribution in [0.5, 0.6) is 0 Å². The summed E-state index contributed by atoms with van der Waals surface area (Å²) in [6.45, 7) is 13.9. The Morgan fingerprint density at radius 1 is 0.868 bits per heavy atom. The predicted molar refractivity (Wildman–Crippen MR) is 210 cm³/mol. The second-order valence-electron chi connectivity index (χ2n) is 13.5. The number of rotatable bonds is 11. The van der Waals surface area contributed by atoms with Crippen molar-refractivity contribution in [1.82, 2.24) is 30.1 Å². The van der Waals surface area contributed by atoms with Crippen molar-refractivity contribution < 1.29 is 14.4 Å². The first-order valence-corrected chi connectivity index (χ1v) is 19.2. The van der Waals surface area contributed by atoms with Crippen molar-refractivity contribution in [3.8, 4) is 0 Å². The molecule has 0 saturated carbocycles. The number of thiazole rings is 1. The fraction of sp³-hybridized carbons (Fsp3) is 0.405. The molecular formula is C37H44ClN11O3S. The minimum atomic E-state index is -0.354. The fourth-order valence-electron chi connectivity index (χ4n) is 6.91. The van der Waals surface area contributed by atoms with Crippen molar-refractivity contribution in [2.45, 2.75) is 26.7 Å². The van der Waals surface area contributed by atoms with E-state index in [9.17, 15) is 14.4 Å². The molecule has 14 nitrogen and oxygen atoms in total. The highest BCUT2D eigenvalue weighted by Crippen LogP contribution is 2.29. The maximum Gasteiger partial charge on any atom is 0.328 e. The Balaban J connectivity index is 0.840. The number of halogens is 1.